The Morgan fingerprint density at radius 2 is 1.16 bits per heavy atom. The first-order valence-corrected chi connectivity index (χ1v) is 22.8. The average molecular weight is 833 g/mol. The number of hydrogen-bond acceptors (Lipinski definition) is 4. The van der Waals surface area contributed by atoms with Crippen molar-refractivity contribution in [1.82, 2.24) is 18.9 Å². The minimum Gasteiger partial charge on any atom is -0.485 e. The largest absolute Gasteiger partial charge is 0.485 e. The molecule has 5 aromatic heterocycles. The highest BCUT2D eigenvalue weighted by molar-refractivity contribution is 7.26. The predicted octanol–water partition coefficient (Wildman–Crippen LogP) is 15.1. The van der Waals surface area contributed by atoms with Gasteiger partial charge in [-0.1, -0.05) is 127 Å². The van der Waals surface area contributed by atoms with Gasteiger partial charge in [0.2, 0.25) is 0 Å². The lowest BCUT2D eigenvalue weighted by atomic mass is 9.90. The van der Waals surface area contributed by atoms with E-state index in [1.165, 1.54) is 91.3 Å². The molecule has 296 valence electrons. The molecule has 6 heteroatoms. The molecule has 1 aliphatic carbocycles. The van der Waals surface area contributed by atoms with Gasteiger partial charge in [-0.05, 0) is 70.4 Å². The second kappa shape index (κ2) is 11.9. The molecule has 9 aromatic carbocycles. The average Bonchev–Trinajstić information content (AvgIpc) is 4.09. The molecule has 6 heterocycles. The van der Waals surface area contributed by atoms with E-state index in [4.69, 9.17) is 14.7 Å². The Kier molecular flexibility index (Phi) is 6.23. The van der Waals surface area contributed by atoms with Gasteiger partial charge in [-0.2, -0.15) is 0 Å². The summed E-state index contributed by atoms with van der Waals surface area (Å²) < 4.78 is 13.9. The van der Waals surface area contributed by atoms with Gasteiger partial charge in [0.15, 0.2) is 5.82 Å². The van der Waals surface area contributed by atoms with E-state index < -0.39 is 0 Å². The van der Waals surface area contributed by atoms with Gasteiger partial charge in [0.1, 0.15) is 17.5 Å². The highest BCUT2D eigenvalue weighted by Gasteiger charge is 2.31. The molecular formula is C58H32N4OS. The smallest absolute Gasteiger partial charge is 0.165 e. The molecule has 0 bridgehead atoms. The van der Waals surface area contributed by atoms with E-state index >= 15 is 0 Å². The van der Waals surface area contributed by atoms with Crippen molar-refractivity contribution in [1.29, 1.82) is 0 Å². The summed E-state index contributed by atoms with van der Waals surface area (Å²) in [5, 5.41) is 12.3. The van der Waals surface area contributed by atoms with E-state index in [-0.39, 0.29) is 6.10 Å². The number of thiophene rings is 1. The summed E-state index contributed by atoms with van der Waals surface area (Å²) in [5.41, 5.74) is 14.4. The van der Waals surface area contributed by atoms with Crippen molar-refractivity contribution in [2.75, 3.05) is 0 Å². The van der Waals surface area contributed by atoms with Crippen molar-refractivity contribution in [2.24, 2.45) is 0 Å². The number of allylic oxidation sites excluding steroid dienone is 2. The summed E-state index contributed by atoms with van der Waals surface area (Å²) >= 11 is 1.89. The van der Waals surface area contributed by atoms with Gasteiger partial charge < -0.3 is 9.14 Å². The molecular weight excluding hydrogens is 801 g/mol. The van der Waals surface area contributed by atoms with E-state index in [0.29, 0.717) is 0 Å². The van der Waals surface area contributed by atoms with Crippen LogP contribution >= 0.6 is 11.3 Å². The third kappa shape index (κ3) is 4.15. The number of rotatable bonds is 3. The van der Waals surface area contributed by atoms with E-state index in [0.717, 1.165) is 62.1 Å². The zero-order valence-electron chi connectivity index (χ0n) is 34.1. The molecule has 64 heavy (non-hydrogen) atoms. The Balaban J connectivity index is 1.01. The minimum absolute atomic E-state index is 0.0657. The normalized spacial score (nSPS) is 15.3. The summed E-state index contributed by atoms with van der Waals surface area (Å²) in [7, 11) is 0. The topological polar surface area (TPSA) is 44.4 Å². The highest BCUT2D eigenvalue weighted by atomic mass is 32.1. The van der Waals surface area contributed by atoms with Crippen LogP contribution in [0.4, 0.5) is 0 Å². The Bertz CT molecular complexity index is 4430. The zero-order chi connectivity index (χ0) is 41.4. The number of hydrogen-bond donors (Lipinski definition) is 0. The van der Waals surface area contributed by atoms with Crippen molar-refractivity contribution < 1.29 is 4.74 Å². The molecule has 2 aliphatic rings. The fourth-order valence-corrected chi connectivity index (χ4v) is 12.7. The fourth-order valence-electron chi connectivity index (χ4n) is 11.6. The predicted molar refractivity (Wildman–Crippen MR) is 267 cm³/mol. The maximum absolute atomic E-state index is 6.32. The first-order valence-electron chi connectivity index (χ1n) is 22.0. The summed E-state index contributed by atoms with van der Waals surface area (Å²) in [6, 6.07) is 59.7. The van der Waals surface area contributed by atoms with Crippen LogP contribution in [0.2, 0.25) is 0 Å². The van der Waals surface area contributed by atoms with Crippen LogP contribution in [0.1, 0.15) is 17.5 Å². The Hall–Kier alpha value is -8.06. The van der Waals surface area contributed by atoms with Crippen LogP contribution in [-0.2, 0) is 0 Å². The fraction of sp³-hybridized carbons (Fsp3) is 0.0345. The maximum Gasteiger partial charge on any atom is 0.165 e. The molecule has 1 aliphatic heterocycles. The molecule has 0 saturated heterocycles. The summed E-state index contributed by atoms with van der Waals surface area (Å²) in [6.07, 6.45) is 5.54. The van der Waals surface area contributed by atoms with Gasteiger partial charge in [0.05, 0.1) is 38.6 Å². The quantitative estimate of drug-likeness (QED) is 0.167. The lowest BCUT2D eigenvalue weighted by molar-refractivity contribution is 0.279. The van der Waals surface area contributed by atoms with Crippen LogP contribution < -0.4 is 4.74 Å². The Labute approximate surface area is 368 Å². The van der Waals surface area contributed by atoms with Gasteiger partial charge in [0.25, 0.3) is 0 Å². The van der Waals surface area contributed by atoms with Crippen molar-refractivity contribution in [3.63, 3.8) is 0 Å². The van der Waals surface area contributed by atoms with Gasteiger partial charge >= 0.3 is 0 Å². The zero-order valence-corrected chi connectivity index (χ0v) is 34.9. The van der Waals surface area contributed by atoms with Gasteiger partial charge in [-0.25, -0.2) is 9.97 Å². The van der Waals surface area contributed by atoms with Crippen LogP contribution in [0.15, 0.2) is 176 Å². The molecule has 16 rings (SSSR count). The van der Waals surface area contributed by atoms with Gasteiger partial charge in [0, 0.05) is 75.6 Å². The molecule has 0 spiro atoms. The Morgan fingerprint density at radius 3 is 2.00 bits per heavy atom. The van der Waals surface area contributed by atoms with Crippen LogP contribution in [0.3, 0.4) is 0 Å². The monoisotopic (exact) mass is 832 g/mol. The lowest BCUT2D eigenvalue weighted by Crippen LogP contribution is -2.13. The minimum atomic E-state index is 0.0657. The third-order valence-corrected chi connectivity index (χ3v) is 15.4. The number of aromatic nitrogens is 4. The Morgan fingerprint density at radius 1 is 0.500 bits per heavy atom. The summed E-state index contributed by atoms with van der Waals surface area (Å²) in [5.74, 6) is 1.79. The van der Waals surface area contributed by atoms with Crippen molar-refractivity contribution >= 4 is 124 Å². The molecule has 1 unspecified atom stereocenters. The lowest BCUT2D eigenvalue weighted by Gasteiger charge is -2.18. The molecule has 0 radical (unpaired) electrons. The molecule has 0 amide bonds. The van der Waals surface area contributed by atoms with Crippen LogP contribution in [0.5, 0.6) is 5.75 Å². The number of nitrogens with zero attached hydrogens (tertiary/aromatic N) is 4. The molecule has 1 atom stereocenters. The number of para-hydroxylation sites is 2. The van der Waals surface area contributed by atoms with Gasteiger partial charge in [-0.3, -0.25) is 4.57 Å². The standard InChI is InChI=1S/C58H32N4OS/c1-3-14-38-34(10-1)35-11-2-4-15-39(35)56-55(38)59-54(32-22-20-31(21-23-32)33-24-27-47-41(30-33)37-13-6-8-19-46(37)63-47)58(60-56)62-44-18-9-17-43-50(44)51-45(62)26-29-48-52(51)53-49(64-48)28-25-40-36-12-5-7-16-42(36)61(43)57(40)53/h1-26,28-30,47H,27H2. The second-order valence-electron chi connectivity index (χ2n) is 17.5. The SMILES string of the molecule is C1=C(c2ccc(-c3nc4c5ccccc5c5ccccc5c4nc3-n3c4ccc5sc6ccc7c8ccccc8n8c9cccc3c9c4c5c6c78)cc2)C=C2c3ccccc3OC2C1. The number of ether oxygens (including phenoxy) is 1. The first kappa shape index (κ1) is 33.6. The summed E-state index contributed by atoms with van der Waals surface area (Å²) in [6.45, 7) is 0. The molecule has 0 fully saturated rings. The van der Waals surface area contributed by atoms with Crippen molar-refractivity contribution in [2.45, 2.75) is 12.5 Å². The van der Waals surface area contributed by atoms with Crippen LogP contribution in [-0.4, -0.2) is 25.0 Å². The van der Waals surface area contributed by atoms with Crippen molar-refractivity contribution in [3.8, 4) is 22.8 Å². The van der Waals surface area contributed by atoms with Crippen LogP contribution in [0, 0.1) is 0 Å². The van der Waals surface area contributed by atoms with E-state index in [2.05, 4.69) is 179 Å². The van der Waals surface area contributed by atoms with E-state index in [1.807, 2.05) is 17.4 Å². The number of benzene rings is 9. The van der Waals surface area contributed by atoms with E-state index in [9.17, 15) is 0 Å². The molecule has 5 nitrogen and oxygen atoms in total. The maximum atomic E-state index is 6.32. The first-order chi connectivity index (χ1) is 31.7. The van der Waals surface area contributed by atoms with Crippen molar-refractivity contribution in [3.05, 3.63) is 187 Å². The van der Waals surface area contributed by atoms with E-state index in [1.54, 1.807) is 0 Å². The molecule has 0 saturated carbocycles. The third-order valence-electron chi connectivity index (χ3n) is 14.3. The molecule has 0 N–H and O–H groups in total. The second-order valence-corrected chi connectivity index (χ2v) is 18.6. The van der Waals surface area contributed by atoms with Gasteiger partial charge in [-0.15, -0.1) is 11.3 Å². The highest BCUT2D eigenvalue weighted by Crippen LogP contribution is 2.51. The number of fused-ring (bicyclic) bond motifs is 13. The van der Waals surface area contributed by atoms with Crippen LogP contribution in [0.25, 0.3) is 130 Å². The summed E-state index contributed by atoms with van der Waals surface area (Å²) in [4.78, 5) is 11.6. The molecule has 14 aromatic rings.